The van der Waals surface area contributed by atoms with Crippen molar-refractivity contribution in [2.45, 2.75) is 0 Å². The summed E-state index contributed by atoms with van der Waals surface area (Å²) in [4.78, 5) is 30.0. The first kappa shape index (κ1) is 15.7. The van der Waals surface area contributed by atoms with Gasteiger partial charge in [0.1, 0.15) is 11.4 Å². The SMILES string of the molecule is COCCNC(=O)c1cc(-c2cccc(OC)c2)nc(=O)[nH]1. The molecule has 7 heteroatoms. The molecule has 0 bridgehead atoms. The maximum Gasteiger partial charge on any atom is 0.346 e. The highest BCUT2D eigenvalue weighted by molar-refractivity contribution is 5.93. The molecule has 1 aromatic heterocycles. The lowest BCUT2D eigenvalue weighted by molar-refractivity contribution is 0.0931. The third-order valence-electron chi connectivity index (χ3n) is 2.95. The Balaban J connectivity index is 2.30. The summed E-state index contributed by atoms with van der Waals surface area (Å²) < 4.78 is 10.0. The second-order valence-electron chi connectivity index (χ2n) is 4.47. The van der Waals surface area contributed by atoms with Crippen LogP contribution in [-0.2, 0) is 4.74 Å². The van der Waals surface area contributed by atoms with Gasteiger partial charge >= 0.3 is 5.69 Å². The Hall–Kier alpha value is -2.67. The molecule has 0 aliphatic carbocycles. The van der Waals surface area contributed by atoms with E-state index in [1.54, 1.807) is 38.5 Å². The summed E-state index contributed by atoms with van der Waals surface area (Å²) in [5.74, 6) is 0.256. The maximum absolute atomic E-state index is 12.0. The number of carbonyl (C=O) groups excluding carboxylic acids is 1. The fourth-order valence-electron chi connectivity index (χ4n) is 1.87. The fourth-order valence-corrected chi connectivity index (χ4v) is 1.87. The molecule has 1 aromatic carbocycles. The van der Waals surface area contributed by atoms with Crippen LogP contribution in [0.3, 0.4) is 0 Å². The third kappa shape index (κ3) is 3.92. The summed E-state index contributed by atoms with van der Waals surface area (Å²) in [5, 5.41) is 2.64. The highest BCUT2D eigenvalue weighted by Gasteiger charge is 2.10. The number of rotatable bonds is 6. The van der Waals surface area contributed by atoms with Gasteiger partial charge in [-0.25, -0.2) is 4.79 Å². The average molecular weight is 303 g/mol. The molecule has 7 nitrogen and oxygen atoms in total. The summed E-state index contributed by atoms with van der Waals surface area (Å²) in [7, 11) is 3.10. The summed E-state index contributed by atoms with van der Waals surface area (Å²) in [6.45, 7) is 0.748. The number of aromatic amines is 1. The van der Waals surface area contributed by atoms with E-state index in [1.807, 2.05) is 0 Å². The Morgan fingerprint density at radius 1 is 1.32 bits per heavy atom. The number of hydrogen-bond donors (Lipinski definition) is 2. The number of amides is 1. The predicted octanol–water partition coefficient (Wildman–Crippen LogP) is 0.822. The lowest BCUT2D eigenvalue weighted by Gasteiger charge is -2.07. The summed E-state index contributed by atoms with van der Waals surface area (Å²) in [6, 6.07) is 8.63. The highest BCUT2D eigenvalue weighted by atomic mass is 16.5. The molecule has 0 atom stereocenters. The van der Waals surface area contributed by atoms with E-state index >= 15 is 0 Å². The lowest BCUT2D eigenvalue weighted by Crippen LogP contribution is -2.29. The van der Waals surface area contributed by atoms with Crippen LogP contribution < -0.4 is 15.7 Å². The number of ether oxygens (including phenoxy) is 2. The molecule has 0 spiro atoms. The van der Waals surface area contributed by atoms with Gasteiger partial charge in [-0.3, -0.25) is 4.79 Å². The van der Waals surface area contributed by atoms with Gasteiger partial charge in [0.2, 0.25) is 0 Å². The van der Waals surface area contributed by atoms with Crippen molar-refractivity contribution >= 4 is 5.91 Å². The Morgan fingerprint density at radius 2 is 2.14 bits per heavy atom. The normalized spacial score (nSPS) is 10.3. The van der Waals surface area contributed by atoms with E-state index in [-0.39, 0.29) is 11.6 Å². The molecule has 2 N–H and O–H groups in total. The van der Waals surface area contributed by atoms with Gasteiger partial charge in [0, 0.05) is 19.2 Å². The smallest absolute Gasteiger partial charge is 0.346 e. The Kier molecular flexibility index (Phi) is 5.26. The van der Waals surface area contributed by atoms with Crippen LogP contribution in [-0.4, -0.2) is 43.2 Å². The molecule has 1 heterocycles. The monoisotopic (exact) mass is 303 g/mol. The minimum atomic E-state index is -0.586. The van der Waals surface area contributed by atoms with Gasteiger partial charge in [0.25, 0.3) is 5.91 Å². The molecule has 0 fully saturated rings. The number of nitrogens with one attached hydrogen (secondary N) is 2. The van der Waals surface area contributed by atoms with Crippen molar-refractivity contribution in [1.82, 2.24) is 15.3 Å². The molecular formula is C15H17N3O4. The molecule has 0 aliphatic rings. The van der Waals surface area contributed by atoms with E-state index in [0.29, 0.717) is 30.2 Å². The first-order chi connectivity index (χ1) is 10.6. The number of benzene rings is 1. The van der Waals surface area contributed by atoms with Crippen molar-refractivity contribution in [2.75, 3.05) is 27.4 Å². The molecule has 1 amide bonds. The highest BCUT2D eigenvalue weighted by Crippen LogP contribution is 2.21. The van der Waals surface area contributed by atoms with E-state index in [0.717, 1.165) is 0 Å². The van der Waals surface area contributed by atoms with Crippen LogP contribution in [0.5, 0.6) is 5.75 Å². The van der Waals surface area contributed by atoms with Crippen LogP contribution in [0, 0.1) is 0 Å². The zero-order chi connectivity index (χ0) is 15.9. The molecule has 0 aliphatic heterocycles. The quantitative estimate of drug-likeness (QED) is 0.771. The van der Waals surface area contributed by atoms with Crippen LogP contribution in [0.15, 0.2) is 35.1 Å². The Morgan fingerprint density at radius 3 is 2.86 bits per heavy atom. The molecule has 116 valence electrons. The average Bonchev–Trinajstić information content (AvgIpc) is 2.54. The van der Waals surface area contributed by atoms with Crippen molar-refractivity contribution in [3.8, 4) is 17.0 Å². The summed E-state index contributed by atoms with van der Waals surface area (Å²) in [5.41, 5.74) is 0.655. The van der Waals surface area contributed by atoms with E-state index in [4.69, 9.17) is 9.47 Å². The number of nitrogens with zero attached hydrogens (tertiary/aromatic N) is 1. The second-order valence-corrected chi connectivity index (χ2v) is 4.47. The van der Waals surface area contributed by atoms with Crippen LogP contribution in [0.1, 0.15) is 10.5 Å². The topological polar surface area (TPSA) is 93.3 Å². The van der Waals surface area contributed by atoms with Gasteiger partial charge in [-0.05, 0) is 18.2 Å². The lowest BCUT2D eigenvalue weighted by atomic mass is 10.1. The molecule has 0 saturated carbocycles. The Bertz CT molecular complexity index is 712. The number of H-pyrrole nitrogens is 1. The molecular weight excluding hydrogens is 286 g/mol. The summed E-state index contributed by atoms with van der Waals surface area (Å²) >= 11 is 0. The van der Waals surface area contributed by atoms with E-state index in [1.165, 1.54) is 6.07 Å². The first-order valence-corrected chi connectivity index (χ1v) is 6.67. The van der Waals surface area contributed by atoms with E-state index in [9.17, 15) is 9.59 Å². The van der Waals surface area contributed by atoms with Gasteiger partial charge < -0.3 is 19.8 Å². The van der Waals surface area contributed by atoms with Crippen molar-refractivity contribution in [3.05, 3.63) is 46.5 Å². The number of carbonyl (C=O) groups is 1. The van der Waals surface area contributed by atoms with Crippen molar-refractivity contribution in [3.63, 3.8) is 0 Å². The molecule has 22 heavy (non-hydrogen) atoms. The summed E-state index contributed by atoms with van der Waals surface area (Å²) in [6.07, 6.45) is 0. The largest absolute Gasteiger partial charge is 0.497 e. The standard InChI is InChI=1S/C15H17N3O4/c1-21-7-6-16-14(19)13-9-12(17-15(20)18-13)10-4-3-5-11(8-10)22-2/h3-5,8-9H,6-7H2,1-2H3,(H,16,19)(H,17,18,20). The van der Waals surface area contributed by atoms with Crippen LogP contribution in [0.2, 0.25) is 0 Å². The second kappa shape index (κ2) is 7.37. The van der Waals surface area contributed by atoms with E-state index < -0.39 is 5.69 Å². The third-order valence-corrected chi connectivity index (χ3v) is 2.95. The van der Waals surface area contributed by atoms with Gasteiger partial charge in [0.05, 0.1) is 19.4 Å². The van der Waals surface area contributed by atoms with Crippen LogP contribution >= 0.6 is 0 Å². The number of methoxy groups -OCH3 is 2. The van der Waals surface area contributed by atoms with E-state index in [2.05, 4.69) is 15.3 Å². The number of hydrogen-bond acceptors (Lipinski definition) is 5. The van der Waals surface area contributed by atoms with Gasteiger partial charge in [-0.15, -0.1) is 0 Å². The van der Waals surface area contributed by atoms with Crippen LogP contribution in [0.4, 0.5) is 0 Å². The molecule has 0 saturated heterocycles. The predicted molar refractivity (Wildman–Crippen MR) is 81.1 cm³/mol. The van der Waals surface area contributed by atoms with Gasteiger partial charge in [-0.2, -0.15) is 4.98 Å². The Labute approximate surface area is 127 Å². The zero-order valence-corrected chi connectivity index (χ0v) is 12.4. The molecule has 0 unspecified atom stereocenters. The maximum atomic E-state index is 12.0. The van der Waals surface area contributed by atoms with Crippen LogP contribution in [0.25, 0.3) is 11.3 Å². The first-order valence-electron chi connectivity index (χ1n) is 6.67. The fraction of sp³-hybridized carbons (Fsp3) is 0.267. The van der Waals surface area contributed by atoms with Gasteiger partial charge in [0.15, 0.2) is 0 Å². The van der Waals surface area contributed by atoms with Crippen molar-refractivity contribution < 1.29 is 14.3 Å². The molecule has 0 radical (unpaired) electrons. The minimum absolute atomic E-state index is 0.147. The number of aromatic nitrogens is 2. The van der Waals surface area contributed by atoms with Crippen molar-refractivity contribution in [1.29, 1.82) is 0 Å². The zero-order valence-electron chi connectivity index (χ0n) is 12.4. The van der Waals surface area contributed by atoms with Crippen molar-refractivity contribution in [2.24, 2.45) is 0 Å². The molecule has 2 rings (SSSR count). The molecule has 2 aromatic rings. The van der Waals surface area contributed by atoms with Gasteiger partial charge in [-0.1, -0.05) is 12.1 Å². The minimum Gasteiger partial charge on any atom is -0.497 e.